The molecular weight excluding hydrogens is 296 g/mol. The van der Waals surface area contributed by atoms with Crippen LogP contribution in [0.25, 0.3) is 22.4 Å². The number of benzene rings is 2. The molecule has 0 fully saturated rings. The second-order valence-electron chi connectivity index (χ2n) is 5.48. The molecule has 0 amide bonds. The van der Waals surface area contributed by atoms with E-state index in [1.54, 1.807) is 25.1 Å². The van der Waals surface area contributed by atoms with E-state index in [4.69, 9.17) is 5.73 Å². The van der Waals surface area contributed by atoms with Crippen molar-refractivity contribution in [3.05, 3.63) is 52.1 Å². The number of nitrogens with one attached hydrogen (secondary N) is 1. The van der Waals surface area contributed by atoms with Crippen LogP contribution in [-0.4, -0.2) is 26.1 Å². The number of nitrogens with two attached hydrogens (primary N) is 1. The molecule has 0 aliphatic carbocycles. The van der Waals surface area contributed by atoms with E-state index in [0.29, 0.717) is 28.1 Å². The van der Waals surface area contributed by atoms with Crippen molar-refractivity contribution in [3.8, 4) is 11.4 Å². The van der Waals surface area contributed by atoms with Gasteiger partial charge in [0.15, 0.2) is 0 Å². The minimum atomic E-state index is -0.698. The van der Waals surface area contributed by atoms with E-state index < -0.39 is 11.0 Å². The number of aromatic amines is 1. The van der Waals surface area contributed by atoms with Crippen molar-refractivity contribution < 1.29 is 10.0 Å². The molecule has 118 valence electrons. The van der Waals surface area contributed by atoms with Gasteiger partial charge in [-0.15, -0.1) is 0 Å². The van der Waals surface area contributed by atoms with Crippen molar-refractivity contribution in [1.29, 1.82) is 0 Å². The highest BCUT2D eigenvalue weighted by Crippen LogP contribution is 2.30. The summed E-state index contributed by atoms with van der Waals surface area (Å²) < 4.78 is 0. The van der Waals surface area contributed by atoms with E-state index in [1.165, 1.54) is 6.07 Å². The number of nitrogen functional groups attached to an aromatic ring is 1. The molecule has 0 radical (unpaired) electrons. The summed E-state index contributed by atoms with van der Waals surface area (Å²) in [6, 6.07) is 10.3. The van der Waals surface area contributed by atoms with Gasteiger partial charge in [0, 0.05) is 23.7 Å². The third kappa shape index (κ3) is 2.86. The summed E-state index contributed by atoms with van der Waals surface area (Å²) in [4.78, 5) is 18.4. The summed E-state index contributed by atoms with van der Waals surface area (Å²) in [5.41, 5.74) is 8.76. The highest BCUT2D eigenvalue weighted by molar-refractivity contribution is 5.85. The van der Waals surface area contributed by atoms with Gasteiger partial charge in [0.2, 0.25) is 0 Å². The van der Waals surface area contributed by atoms with Gasteiger partial charge in [-0.05, 0) is 37.3 Å². The lowest BCUT2D eigenvalue weighted by molar-refractivity contribution is -0.385. The van der Waals surface area contributed by atoms with Crippen molar-refractivity contribution in [1.82, 2.24) is 9.97 Å². The third-order valence-corrected chi connectivity index (χ3v) is 3.62. The first-order valence-electron chi connectivity index (χ1n) is 7.15. The van der Waals surface area contributed by atoms with Gasteiger partial charge in [0.05, 0.1) is 27.6 Å². The summed E-state index contributed by atoms with van der Waals surface area (Å²) in [6.45, 7) is 1.59. The molecule has 0 aliphatic heterocycles. The molecule has 0 aliphatic rings. The topological polar surface area (TPSA) is 118 Å². The Bertz CT molecular complexity index is 869. The molecule has 7 nitrogen and oxygen atoms in total. The average molecular weight is 312 g/mol. The van der Waals surface area contributed by atoms with E-state index in [-0.39, 0.29) is 12.1 Å². The van der Waals surface area contributed by atoms with Crippen LogP contribution < -0.4 is 5.73 Å². The van der Waals surface area contributed by atoms with Crippen LogP contribution in [0.1, 0.15) is 12.5 Å². The van der Waals surface area contributed by atoms with E-state index in [0.717, 1.165) is 5.56 Å². The number of aliphatic hydroxyl groups is 1. The number of hydrogen-bond acceptors (Lipinski definition) is 5. The van der Waals surface area contributed by atoms with Crippen molar-refractivity contribution in [3.63, 3.8) is 0 Å². The number of nitrogens with zero attached hydrogens (tertiary/aromatic N) is 2. The fraction of sp³-hybridized carbons (Fsp3) is 0.188. The number of anilines is 1. The SMILES string of the molecule is CC(O)Cc1c([N+](=O)[O-])ccc2[nH]c(-c3ccc(N)cc3)nc12. The summed E-state index contributed by atoms with van der Waals surface area (Å²) in [5, 5.41) is 20.9. The van der Waals surface area contributed by atoms with Gasteiger partial charge in [-0.1, -0.05) is 0 Å². The maximum atomic E-state index is 11.2. The molecule has 3 aromatic rings. The van der Waals surface area contributed by atoms with Crippen LogP contribution in [0.5, 0.6) is 0 Å². The molecule has 23 heavy (non-hydrogen) atoms. The van der Waals surface area contributed by atoms with Crippen LogP contribution in [-0.2, 0) is 6.42 Å². The number of hydrogen-bond donors (Lipinski definition) is 3. The highest BCUT2D eigenvalue weighted by atomic mass is 16.6. The number of imidazole rings is 1. The monoisotopic (exact) mass is 312 g/mol. The first-order chi connectivity index (χ1) is 11.0. The van der Waals surface area contributed by atoms with Gasteiger partial charge in [-0.25, -0.2) is 4.98 Å². The van der Waals surface area contributed by atoms with Gasteiger partial charge in [-0.2, -0.15) is 0 Å². The molecular formula is C16H16N4O3. The molecule has 4 N–H and O–H groups in total. The van der Waals surface area contributed by atoms with Crippen molar-refractivity contribution >= 4 is 22.4 Å². The van der Waals surface area contributed by atoms with Gasteiger partial charge in [-0.3, -0.25) is 10.1 Å². The van der Waals surface area contributed by atoms with Gasteiger partial charge < -0.3 is 15.8 Å². The van der Waals surface area contributed by atoms with E-state index in [9.17, 15) is 15.2 Å². The molecule has 0 spiro atoms. The second-order valence-corrected chi connectivity index (χ2v) is 5.48. The number of nitro groups is 1. The van der Waals surface area contributed by atoms with E-state index in [2.05, 4.69) is 9.97 Å². The molecule has 7 heteroatoms. The van der Waals surface area contributed by atoms with Crippen molar-refractivity contribution in [2.75, 3.05) is 5.73 Å². The number of aromatic nitrogens is 2. The molecule has 1 heterocycles. The summed E-state index contributed by atoms with van der Waals surface area (Å²) in [7, 11) is 0. The fourth-order valence-electron chi connectivity index (χ4n) is 2.57. The van der Waals surface area contributed by atoms with Crippen LogP contribution in [0.15, 0.2) is 36.4 Å². The summed E-state index contributed by atoms with van der Waals surface area (Å²) >= 11 is 0. The van der Waals surface area contributed by atoms with Crippen LogP contribution in [0.2, 0.25) is 0 Å². The Morgan fingerprint density at radius 2 is 2.00 bits per heavy atom. The largest absolute Gasteiger partial charge is 0.399 e. The molecule has 0 saturated carbocycles. The Balaban J connectivity index is 2.18. The van der Waals surface area contributed by atoms with Crippen LogP contribution in [0.3, 0.4) is 0 Å². The minimum absolute atomic E-state index is 0.0336. The Morgan fingerprint density at radius 3 is 2.61 bits per heavy atom. The Hall–Kier alpha value is -2.93. The summed E-state index contributed by atoms with van der Waals surface area (Å²) in [5.74, 6) is 0.604. The van der Waals surface area contributed by atoms with Crippen molar-refractivity contribution in [2.45, 2.75) is 19.4 Å². The smallest absolute Gasteiger partial charge is 0.275 e. The zero-order valence-corrected chi connectivity index (χ0v) is 12.5. The predicted molar refractivity (Wildman–Crippen MR) is 88.0 cm³/mol. The number of nitro benzene ring substituents is 1. The second kappa shape index (κ2) is 5.69. The van der Waals surface area contributed by atoms with E-state index in [1.807, 2.05) is 12.1 Å². The van der Waals surface area contributed by atoms with E-state index >= 15 is 0 Å². The maximum absolute atomic E-state index is 11.2. The lowest BCUT2D eigenvalue weighted by atomic mass is 10.0. The van der Waals surface area contributed by atoms with Crippen LogP contribution >= 0.6 is 0 Å². The number of H-pyrrole nitrogens is 1. The quantitative estimate of drug-likeness (QED) is 0.389. The molecule has 1 unspecified atom stereocenters. The Morgan fingerprint density at radius 1 is 1.30 bits per heavy atom. The standard InChI is InChI=1S/C16H16N4O3/c1-9(21)8-12-14(20(22)23)7-6-13-15(12)19-16(18-13)10-2-4-11(17)5-3-10/h2-7,9,21H,8,17H2,1H3,(H,18,19). The van der Waals surface area contributed by atoms with Gasteiger partial charge >= 0.3 is 0 Å². The van der Waals surface area contributed by atoms with Crippen LogP contribution in [0.4, 0.5) is 11.4 Å². The van der Waals surface area contributed by atoms with Crippen molar-refractivity contribution in [2.24, 2.45) is 0 Å². The molecule has 2 aromatic carbocycles. The normalized spacial score (nSPS) is 12.4. The lowest BCUT2D eigenvalue weighted by Gasteiger charge is -2.06. The first-order valence-corrected chi connectivity index (χ1v) is 7.15. The molecule has 1 aromatic heterocycles. The fourth-order valence-corrected chi connectivity index (χ4v) is 2.57. The van der Waals surface area contributed by atoms with Gasteiger partial charge in [0.25, 0.3) is 5.69 Å². The summed E-state index contributed by atoms with van der Waals surface area (Å²) in [6.07, 6.45) is -0.532. The zero-order chi connectivity index (χ0) is 16.6. The number of aliphatic hydroxyl groups excluding tert-OH is 1. The number of rotatable bonds is 4. The van der Waals surface area contributed by atoms with Crippen LogP contribution in [0, 0.1) is 10.1 Å². The zero-order valence-electron chi connectivity index (χ0n) is 12.5. The first kappa shape index (κ1) is 15.0. The molecule has 0 bridgehead atoms. The minimum Gasteiger partial charge on any atom is -0.399 e. The third-order valence-electron chi connectivity index (χ3n) is 3.62. The number of fused-ring (bicyclic) bond motifs is 1. The Labute approximate surface area is 131 Å². The van der Waals surface area contributed by atoms with Gasteiger partial charge in [0.1, 0.15) is 5.82 Å². The molecule has 3 rings (SSSR count). The molecule has 0 saturated heterocycles. The lowest BCUT2D eigenvalue weighted by Crippen LogP contribution is -2.07. The Kier molecular flexibility index (Phi) is 3.71. The average Bonchev–Trinajstić information content (AvgIpc) is 2.92. The highest BCUT2D eigenvalue weighted by Gasteiger charge is 2.21. The predicted octanol–water partition coefficient (Wildman–Crippen LogP) is 2.64. The molecule has 1 atom stereocenters. The maximum Gasteiger partial charge on any atom is 0.275 e.